The molecule has 0 saturated carbocycles. The van der Waals surface area contributed by atoms with Gasteiger partial charge in [0.05, 0.1) is 22.1 Å². The van der Waals surface area contributed by atoms with Crippen LogP contribution in [0.4, 0.5) is 0 Å². The van der Waals surface area contributed by atoms with Crippen molar-refractivity contribution in [1.82, 2.24) is 19.5 Å². The van der Waals surface area contributed by atoms with Crippen molar-refractivity contribution in [2.75, 3.05) is 0 Å². The summed E-state index contributed by atoms with van der Waals surface area (Å²) in [5.41, 5.74) is 17.5. The van der Waals surface area contributed by atoms with Crippen LogP contribution in [-0.4, -0.2) is 19.5 Å². The van der Waals surface area contributed by atoms with Crippen LogP contribution < -0.4 is 0 Å². The minimum atomic E-state index is -0.663. The summed E-state index contributed by atoms with van der Waals surface area (Å²) in [5, 5.41) is 2.31. The van der Waals surface area contributed by atoms with E-state index < -0.39 is 5.41 Å². The average Bonchev–Trinajstić information content (AvgIpc) is 3.76. The third kappa shape index (κ3) is 6.41. The lowest BCUT2D eigenvalue weighted by molar-refractivity contribution is 0.728. The molecule has 0 amide bonds. The van der Waals surface area contributed by atoms with E-state index in [2.05, 4.69) is 223 Å². The number of hydrogen-bond donors (Lipinski definition) is 0. The molecule has 1 aliphatic heterocycles. The molecule has 318 valence electrons. The summed E-state index contributed by atoms with van der Waals surface area (Å²) in [6.45, 7) is 0. The van der Waals surface area contributed by atoms with E-state index in [9.17, 15) is 0 Å². The molecule has 4 heteroatoms. The van der Waals surface area contributed by atoms with E-state index >= 15 is 0 Å². The SMILES string of the molecule is c1ccc(-c2cc(-c3ccccc3)cc(-c3ccc4c(c3)C(c3ccccc3)(c3ccccc3)c3cccc5c6cc(-c7nc(-c8ccccc8)nc(-c8ccccc8)n7)ccc6n-4c35)c2)cc1. The van der Waals surface area contributed by atoms with Crippen LogP contribution in [0, 0.1) is 0 Å². The number of aromatic nitrogens is 4. The van der Waals surface area contributed by atoms with E-state index in [1.165, 1.54) is 55.4 Å². The van der Waals surface area contributed by atoms with Crippen molar-refractivity contribution in [3.63, 3.8) is 0 Å². The Kier molecular flexibility index (Phi) is 9.36. The highest BCUT2D eigenvalue weighted by molar-refractivity contribution is 6.13. The van der Waals surface area contributed by atoms with E-state index in [4.69, 9.17) is 15.0 Å². The molecule has 0 fully saturated rings. The summed E-state index contributed by atoms with van der Waals surface area (Å²) in [6, 6.07) is 91.7. The molecule has 4 nitrogen and oxygen atoms in total. The van der Waals surface area contributed by atoms with Gasteiger partial charge < -0.3 is 4.57 Å². The molecule has 0 radical (unpaired) electrons. The summed E-state index contributed by atoms with van der Waals surface area (Å²) in [5.74, 6) is 1.91. The number of benzene rings is 10. The van der Waals surface area contributed by atoms with Crippen molar-refractivity contribution in [2.24, 2.45) is 0 Å². The fraction of sp³-hybridized carbons (Fsp3) is 0.0156. The van der Waals surface area contributed by atoms with Gasteiger partial charge in [-0.25, -0.2) is 15.0 Å². The van der Waals surface area contributed by atoms with Crippen LogP contribution in [0.1, 0.15) is 22.3 Å². The Bertz CT molecular complexity index is 3660. The highest BCUT2D eigenvalue weighted by Gasteiger charge is 2.45. The van der Waals surface area contributed by atoms with Crippen LogP contribution in [0.3, 0.4) is 0 Å². The summed E-state index contributed by atoms with van der Waals surface area (Å²) in [4.78, 5) is 15.3. The molecule has 0 saturated heterocycles. The minimum absolute atomic E-state index is 0.632. The summed E-state index contributed by atoms with van der Waals surface area (Å²) < 4.78 is 2.50. The molecule has 0 atom stereocenters. The van der Waals surface area contributed by atoms with Crippen molar-refractivity contribution in [3.8, 4) is 73.2 Å². The van der Waals surface area contributed by atoms with Crippen molar-refractivity contribution >= 4 is 21.8 Å². The van der Waals surface area contributed by atoms with E-state index in [0.717, 1.165) is 44.4 Å². The van der Waals surface area contributed by atoms with Gasteiger partial charge in [-0.2, -0.15) is 0 Å². The van der Waals surface area contributed by atoms with Crippen LogP contribution in [-0.2, 0) is 5.41 Å². The number of nitrogens with zero attached hydrogens (tertiary/aromatic N) is 4. The van der Waals surface area contributed by atoms with E-state index in [1.807, 2.05) is 36.4 Å². The van der Waals surface area contributed by atoms with Crippen LogP contribution in [0.15, 0.2) is 255 Å². The standard InChI is InChI=1S/C64H42N4/c1-7-20-43(21-8-1)49-38-50(44-22-9-2-10-23-44)40-51(39-49)47-34-37-59-57(42-47)64(52-28-15-5-16-29-52,53-30-17-6-18-31-53)56-33-19-32-54-55-41-48(35-36-58(55)68(59)60(54)56)63-66-61(45-24-11-3-12-25-45)65-62(67-63)46-26-13-4-14-27-46/h1-42H. The molecule has 0 spiro atoms. The summed E-state index contributed by atoms with van der Waals surface area (Å²) in [6.07, 6.45) is 0. The largest absolute Gasteiger partial charge is 0.309 e. The highest BCUT2D eigenvalue weighted by Crippen LogP contribution is 2.55. The van der Waals surface area contributed by atoms with Gasteiger partial charge in [-0.1, -0.05) is 206 Å². The van der Waals surface area contributed by atoms with Gasteiger partial charge in [0, 0.05) is 27.5 Å². The van der Waals surface area contributed by atoms with Crippen molar-refractivity contribution in [2.45, 2.75) is 5.41 Å². The lowest BCUT2D eigenvalue weighted by Crippen LogP contribution is -2.35. The highest BCUT2D eigenvalue weighted by atomic mass is 15.0. The number of fused-ring (bicyclic) bond motifs is 5. The van der Waals surface area contributed by atoms with Gasteiger partial charge in [0.15, 0.2) is 17.5 Å². The Labute approximate surface area is 395 Å². The smallest absolute Gasteiger partial charge is 0.164 e. The van der Waals surface area contributed by atoms with E-state index in [1.54, 1.807) is 0 Å². The third-order valence-electron chi connectivity index (χ3n) is 13.7. The van der Waals surface area contributed by atoms with Gasteiger partial charge >= 0.3 is 0 Å². The Morgan fingerprint density at radius 2 is 0.721 bits per heavy atom. The Morgan fingerprint density at radius 1 is 0.279 bits per heavy atom. The lowest BCUT2D eigenvalue weighted by Gasteiger charge is -2.42. The monoisotopic (exact) mass is 866 g/mol. The second-order valence-electron chi connectivity index (χ2n) is 17.6. The number of rotatable bonds is 8. The van der Waals surface area contributed by atoms with Gasteiger partial charge in [0.1, 0.15) is 0 Å². The second-order valence-corrected chi connectivity index (χ2v) is 17.6. The molecule has 68 heavy (non-hydrogen) atoms. The maximum atomic E-state index is 5.14. The maximum absolute atomic E-state index is 5.14. The van der Waals surface area contributed by atoms with Gasteiger partial charge in [-0.05, 0) is 104 Å². The van der Waals surface area contributed by atoms with Gasteiger partial charge in [-0.15, -0.1) is 0 Å². The quantitative estimate of drug-likeness (QED) is 0.153. The summed E-state index contributed by atoms with van der Waals surface area (Å²) in [7, 11) is 0. The zero-order chi connectivity index (χ0) is 45.0. The number of para-hydroxylation sites is 1. The molecule has 0 aliphatic carbocycles. The van der Waals surface area contributed by atoms with Crippen LogP contribution in [0.2, 0.25) is 0 Å². The molecular weight excluding hydrogens is 825 g/mol. The topological polar surface area (TPSA) is 43.6 Å². The fourth-order valence-electron chi connectivity index (χ4n) is 10.6. The van der Waals surface area contributed by atoms with Gasteiger partial charge in [-0.3, -0.25) is 0 Å². The molecule has 3 heterocycles. The average molecular weight is 867 g/mol. The second kappa shape index (κ2) is 16.2. The first-order valence-electron chi connectivity index (χ1n) is 23.2. The molecule has 0 unspecified atom stereocenters. The fourth-order valence-corrected chi connectivity index (χ4v) is 10.6. The molecule has 2 aromatic heterocycles. The van der Waals surface area contributed by atoms with Crippen molar-refractivity contribution in [1.29, 1.82) is 0 Å². The van der Waals surface area contributed by atoms with Gasteiger partial charge in [0.2, 0.25) is 0 Å². The molecule has 10 aromatic carbocycles. The molecule has 0 bridgehead atoms. The predicted molar refractivity (Wildman–Crippen MR) is 279 cm³/mol. The normalized spacial score (nSPS) is 12.5. The van der Waals surface area contributed by atoms with Crippen LogP contribution >= 0.6 is 0 Å². The zero-order valence-electron chi connectivity index (χ0n) is 37.0. The molecule has 1 aliphatic rings. The van der Waals surface area contributed by atoms with Crippen molar-refractivity contribution < 1.29 is 0 Å². The number of hydrogen-bond acceptors (Lipinski definition) is 3. The first-order chi connectivity index (χ1) is 33.7. The molecule has 13 rings (SSSR count). The lowest BCUT2D eigenvalue weighted by atomic mass is 9.63. The van der Waals surface area contributed by atoms with E-state index in [0.29, 0.717) is 17.5 Å². The minimum Gasteiger partial charge on any atom is -0.309 e. The Balaban J connectivity index is 1.08. The van der Waals surface area contributed by atoms with E-state index in [-0.39, 0.29) is 0 Å². The maximum Gasteiger partial charge on any atom is 0.164 e. The Morgan fingerprint density at radius 3 is 1.24 bits per heavy atom. The van der Waals surface area contributed by atoms with Crippen LogP contribution in [0.5, 0.6) is 0 Å². The summed E-state index contributed by atoms with van der Waals surface area (Å²) >= 11 is 0. The van der Waals surface area contributed by atoms with Gasteiger partial charge in [0.25, 0.3) is 0 Å². The first-order valence-corrected chi connectivity index (χ1v) is 23.2. The molecular formula is C64H42N4. The molecule has 12 aromatic rings. The third-order valence-corrected chi connectivity index (χ3v) is 13.7. The zero-order valence-corrected chi connectivity index (χ0v) is 37.0. The van der Waals surface area contributed by atoms with Crippen LogP contribution in [0.25, 0.3) is 95.0 Å². The first kappa shape index (κ1) is 39.4. The Hall–Kier alpha value is -8.99. The van der Waals surface area contributed by atoms with Crippen molar-refractivity contribution in [3.05, 3.63) is 277 Å². The predicted octanol–water partition coefficient (Wildman–Crippen LogP) is 15.7. The molecule has 0 N–H and O–H groups in total.